The first-order chi connectivity index (χ1) is 13.9. The molecule has 29 heavy (non-hydrogen) atoms. The molecule has 2 rings (SSSR count). The molecule has 0 radical (unpaired) electrons. The number of anilines is 3. The molecule has 0 aliphatic heterocycles. The molecule has 5 heteroatoms. The zero-order valence-electron chi connectivity index (χ0n) is 18.2. The van der Waals surface area contributed by atoms with Crippen LogP contribution in [0.1, 0.15) is 52.5 Å². The van der Waals surface area contributed by atoms with Gasteiger partial charge < -0.3 is 15.1 Å². The predicted octanol–water partition coefficient (Wildman–Crippen LogP) is 5.04. The summed E-state index contributed by atoms with van der Waals surface area (Å²) in [5, 5.41) is 2.93. The first kappa shape index (κ1) is 22.5. The van der Waals surface area contributed by atoms with Crippen molar-refractivity contribution in [2.75, 3.05) is 34.8 Å². The summed E-state index contributed by atoms with van der Waals surface area (Å²) in [5.41, 5.74) is 3.89. The van der Waals surface area contributed by atoms with Crippen molar-refractivity contribution in [2.24, 2.45) is 0 Å². The lowest BCUT2D eigenvalue weighted by Crippen LogP contribution is -2.32. The maximum atomic E-state index is 12.5. The van der Waals surface area contributed by atoms with Gasteiger partial charge in [-0.1, -0.05) is 32.0 Å². The number of rotatable bonds is 9. The molecule has 0 fully saturated rings. The summed E-state index contributed by atoms with van der Waals surface area (Å²) >= 11 is 0. The lowest BCUT2D eigenvalue weighted by Gasteiger charge is -2.25. The summed E-state index contributed by atoms with van der Waals surface area (Å²) in [7, 11) is 0. The number of carbonyl (C=O) groups excluding carboxylic acids is 2. The summed E-state index contributed by atoms with van der Waals surface area (Å²) < 4.78 is 0. The SMILES string of the molecule is CCN(CC)c1ccc(NC(=O)CCN(C(C)=O)c2ccccc2C(C)C)cc1. The van der Waals surface area contributed by atoms with Crippen molar-refractivity contribution in [2.45, 2.75) is 47.0 Å². The number of nitrogens with one attached hydrogen (secondary N) is 1. The Balaban J connectivity index is 2.02. The number of amides is 2. The highest BCUT2D eigenvalue weighted by Crippen LogP contribution is 2.27. The predicted molar refractivity (Wildman–Crippen MR) is 122 cm³/mol. The van der Waals surface area contributed by atoms with Gasteiger partial charge in [0.2, 0.25) is 11.8 Å². The number of carbonyl (C=O) groups is 2. The third kappa shape index (κ3) is 6.08. The maximum Gasteiger partial charge on any atom is 0.226 e. The van der Waals surface area contributed by atoms with Gasteiger partial charge >= 0.3 is 0 Å². The van der Waals surface area contributed by atoms with Gasteiger partial charge in [-0.05, 0) is 55.7 Å². The highest BCUT2D eigenvalue weighted by molar-refractivity contribution is 5.95. The normalized spacial score (nSPS) is 10.7. The Hall–Kier alpha value is -2.82. The van der Waals surface area contributed by atoms with E-state index >= 15 is 0 Å². The lowest BCUT2D eigenvalue weighted by molar-refractivity contribution is -0.117. The van der Waals surface area contributed by atoms with E-state index in [1.807, 2.05) is 48.5 Å². The summed E-state index contributed by atoms with van der Waals surface area (Å²) in [5.74, 6) is 0.134. The first-order valence-electron chi connectivity index (χ1n) is 10.4. The maximum absolute atomic E-state index is 12.5. The lowest BCUT2D eigenvalue weighted by atomic mass is 10.0. The standard InChI is InChI=1S/C24H33N3O2/c1-6-26(7-2)21-14-12-20(13-15-21)25-24(29)16-17-27(19(5)28)23-11-9-8-10-22(23)18(3)4/h8-15,18H,6-7,16-17H2,1-5H3,(H,25,29). The molecular weight excluding hydrogens is 362 g/mol. The Morgan fingerprint density at radius 1 is 0.966 bits per heavy atom. The molecule has 0 unspecified atom stereocenters. The smallest absolute Gasteiger partial charge is 0.226 e. The molecule has 0 atom stereocenters. The Labute approximate surface area is 174 Å². The third-order valence-corrected chi connectivity index (χ3v) is 5.07. The topological polar surface area (TPSA) is 52.7 Å². The number of nitrogens with zero attached hydrogens (tertiary/aromatic N) is 2. The van der Waals surface area contributed by atoms with Crippen LogP contribution in [0.25, 0.3) is 0 Å². The fraction of sp³-hybridized carbons (Fsp3) is 0.417. The number of hydrogen-bond donors (Lipinski definition) is 1. The van der Waals surface area contributed by atoms with Gasteiger partial charge in [-0.25, -0.2) is 0 Å². The quantitative estimate of drug-likeness (QED) is 0.647. The van der Waals surface area contributed by atoms with Gasteiger partial charge in [0.25, 0.3) is 0 Å². The van der Waals surface area contributed by atoms with E-state index < -0.39 is 0 Å². The van der Waals surface area contributed by atoms with Crippen LogP contribution < -0.4 is 15.1 Å². The van der Waals surface area contributed by atoms with Gasteiger partial charge in [-0.2, -0.15) is 0 Å². The van der Waals surface area contributed by atoms with Crippen molar-refractivity contribution in [1.82, 2.24) is 0 Å². The molecule has 0 aromatic heterocycles. The van der Waals surface area contributed by atoms with Crippen molar-refractivity contribution >= 4 is 28.9 Å². The highest BCUT2D eigenvalue weighted by Gasteiger charge is 2.18. The molecule has 0 saturated carbocycles. The monoisotopic (exact) mass is 395 g/mol. The van der Waals surface area contributed by atoms with Gasteiger partial charge in [0.05, 0.1) is 0 Å². The van der Waals surface area contributed by atoms with Gasteiger partial charge in [0, 0.05) is 50.0 Å². The molecule has 0 saturated heterocycles. The van der Waals surface area contributed by atoms with E-state index in [2.05, 4.69) is 37.9 Å². The number of benzene rings is 2. The van der Waals surface area contributed by atoms with Crippen LogP contribution in [0, 0.1) is 0 Å². The van der Waals surface area contributed by atoms with Crippen LogP contribution in [0.2, 0.25) is 0 Å². The number of hydrogen-bond acceptors (Lipinski definition) is 3. The molecule has 0 bridgehead atoms. The summed E-state index contributed by atoms with van der Waals surface area (Å²) in [6, 6.07) is 15.8. The van der Waals surface area contributed by atoms with Crippen molar-refractivity contribution in [3.63, 3.8) is 0 Å². The summed E-state index contributed by atoms with van der Waals surface area (Å²) in [4.78, 5) is 28.6. The fourth-order valence-electron chi connectivity index (χ4n) is 3.45. The van der Waals surface area contributed by atoms with E-state index in [1.54, 1.807) is 11.8 Å². The first-order valence-corrected chi connectivity index (χ1v) is 10.4. The van der Waals surface area contributed by atoms with Crippen LogP contribution in [-0.4, -0.2) is 31.4 Å². The van der Waals surface area contributed by atoms with Crippen molar-refractivity contribution < 1.29 is 9.59 Å². The molecular formula is C24H33N3O2. The van der Waals surface area contributed by atoms with E-state index in [0.29, 0.717) is 12.5 Å². The number of para-hydroxylation sites is 1. The van der Waals surface area contributed by atoms with Crippen molar-refractivity contribution in [1.29, 1.82) is 0 Å². The molecule has 1 N–H and O–H groups in total. The van der Waals surface area contributed by atoms with E-state index in [0.717, 1.165) is 35.7 Å². The van der Waals surface area contributed by atoms with E-state index in [9.17, 15) is 9.59 Å². The van der Waals surface area contributed by atoms with E-state index in [4.69, 9.17) is 0 Å². The van der Waals surface area contributed by atoms with Crippen molar-refractivity contribution in [3.8, 4) is 0 Å². The highest BCUT2D eigenvalue weighted by atomic mass is 16.2. The molecule has 2 amide bonds. The van der Waals surface area contributed by atoms with Gasteiger partial charge in [0.15, 0.2) is 0 Å². The average Bonchev–Trinajstić information content (AvgIpc) is 2.70. The van der Waals surface area contributed by atoms with E-state index in [-0.39, 0.29) is 18.2 Å². The molecule has 0 aliphatic rings. The molecule has 156 valence electrons. The average molecular weight is 396 g/mol. The second-order valence-electron chi connectivity index (χ2n) is 7.40. The Bertz CT molecular complexity index is 811. The molecule has 0 aliphatic carbocycles. The third-order valence-electron chi connectivity index (χ3n) is 5.07. The Morgan fingerprint density at radius 2 is 1.59 bits per heavy atom. The molecule has 0 heterocycles. The molecule has 5 nitrogen and oxygen atoms in total. The van der Waals surface area contributed by atoms with Crippen LogP contribution in [0.3, 0.4) is 0 Å². The summed E-state index contributed by atoms with van der Waals surface area (Å²) in [6.07, 6.45) is 0.240. The largest absolute Gasteiger partial charge is 0.372 e. The molecule has 0 spiro atoms. The van der Waals surface area contributed by atoms with Gasteiger partial charge in [-0.15, -0.1) is 0 Å². The van der Waals surface area contributed by atoms with Crippen molar-refractivity contribution in [3.05, 3.63) is 54.1 Å². The second kappa shape index (κ2) is 10.6. The van der Waals surface area contributed by atoms with Gasteiger partial charge in [-0.3, -0.25) is 9.59 Å². The minimum atomic E-state index is -0.103. The minimum Gasteiger partial charge on any atom is -0.372 e. The van der Waals surface area contributed by atoms with Crippen LogP contribution in [0.15, 0.2) is 48.5 Å². The molecule has 2 aromatic carbocycles. The fourth-order valence-corrected chi connectivity index (χ4v) is 3.45. The Morgan fingerprint density at radius 3 is 2.14 bits per heavy atom. The molecule has 2 aromatic rings. The van der Waals surface area contributed by atoms with E-state index in [1.165, 1.54) is 0 Å². The van der Waals surface area contributed by atoms with Crippen LogP contribution in [0.5, 0.6) is 0 Å². The Kier molecular flexibility index (Phi) is 8.25. The van der Waals surface area contributed by atoms with Crippen LogP contribution in [0.4, 0.5) is 17.1 Å². The zero-order valence-corrected chi connectivity index (χ0v) is 18.2. The van der Waals surface area contributed by atoms with Crippen LogP contribution in [-0.2, 0) is 9.59 Å². The second-order valence-corrected chi connectivity index (χ2v) is 7.40. The zero-order chi connectivity index (χ0) is 21.4. The van der Waals surface area contributed by atoms with Crippen LogP contribution >= 0.6 is 0 Å². The van der Waals surface area contributed by atoms with Gasteiger partial charge in [0.1, 0.15) is 0 Å². The summed E-state index contributed by atoms with van der Waals surface area (Å²) in [6.45, 7) is 12.2. The minimum absolute atomic E-state index is 0.0607.